The van der Waals surface area contributed by atoms with Crippen molar-refractivity contribution in [1.29, 1.82) is 0 Å². The molecule has 5 rings (SSSR count). The first kappa shape index (κ1) is 16.5. The van der Waals surface area contributed by atoms with Gasteiger partial charge in [-0.15, -0.1) is 0 Å². The number of ether oxygens (including phenoxy) is 2. The third-order valence-electron chi connectivity index (χ3n) is 5.72. The molecule has 134 valence electrons. The predicted octanol–water partition coefficient (Wildman–Crippen LogP) is 3.26. The Labute approximate surface area is 145 Å². The second kappa shape index (κ2) is 6.41. The summed E-state index contributed by atoms with van der Waals surface area (Å²) in [5, 5.41) is 0. The normalized spacial score (nSPS) is 27.2. The lowest BCUT2D eigenvalue weighted by molar-refractivity contribution is -0.143. The van der Waals surface area contributed by atoms with Gasteiger partial charge in [-0.25, -0.2) is 4.79 Å². The van der Waals surface area contributed by atoms with Crippen molar-refractivity contribution in [3.8, 4) is 5.75 Å². The molecule has 3 saturated heterocycles. The highest BCUT2D eigenvalue weighted by Gasteiger charge is 2.40. The van der Waals surface area contributed by atoms with E-state index in [1.165, 1.54) is 6.07 Å². The molecule has 2 bridgehead atoms. The summed E-state index contributed by atoms with van der Waals surface area (Å²) in [5.41, 5.74) is 2.24. The third-order valence-corrected chi connectivity index (χ3v) is 5.72. The zero-order valence-corrected chi connectivity index (χ0v) is 14.0. The number of rotatable bonds is 5. The van der Waals surface area contributed by atoms with E-state index in [2.05, 4.69) is 9.64 Å². The number of hydrogen-bond donors (Lipinski definition) is 0. The molecule has 4 aliphatic rings. The number of alkyl halides is 2. The largest absolute Gasteiger partial charge is 0.461 e. The molecular formula is C19H21F2NO3. The minimum absolute atomic E-state index is 0.115. The van der Waals surface area contributed by atoms with Crippen LogP contribution in [0, 0.1) is 5.41 Å². The molecule has 0 saturated carbocycles. The van der Waals surface area contributed by atoms with E-state index in [0.29, 0.717) is 18.6 Å². The number of allylic oxidation sites excluding steroid dienone is 1. The number of halogens is 2. The van der Waals surface area contributed by atoms with Crippen LogP contribution in [0.2, 0.25) is 0 Å². The number of nitrogens with zero attached hydrogens (tertiary/aromatic N) is 1. The highest BCUT2D eigenvalue weighted by atomic mass is 19.3. The Hall–Kier alpha value is -1.95. The van der Waals surface area contributed by atoms with Gasteiger partial charge in [-0.2, -0.15) is 8.78 Å². The lowest BCUT2D eigenvalue weighted by atomic mass is 9.73. The summed E-state index contributed by atoms with van der Waals surface area (Å²) < 4.78 is 34.7. The van der Waals surface area contributed by atoms with Crippen LogP contribution >= 0.6 is 0 Å². The summed E-state index contributed by atoms with van der Waals surface area (Å²) >= 11 is 0. The van der Waals surface area contributed by atoms with Crippen LogP contribution in [0.3, 0.4) is 0 Å². The molecule has 3 heterocycles. The molecule has 0 amide bonds. The van der Waals surface area contributed by atoms with Crippen LogP contribution in [-0.4, -0.2) is 43.7 Å². The van der Waals surface area contributed by atoms with E-state index in [0.717, 1.165) is 50.0 Å². The molecule has 3 aliphatic heterocycles. The summed E-state index contributed by atoms with van der Waals surface area (Å²) in [6.07, 6.45) is 5.60. The van der Waals surface area contributed by atoms with Crippen LogP contribution in [0.4, 0.5) is 8.78 Å². The quantitative estimate of drug-likeness (QED) is 0.765. The minimum Gasteiger partial charge on any atom is -0.461 e. The van der Waals surface area contributed by atoms with Gasteiger partial charge in [0.15, 0.2) is 0 Å². The Morgan fingerprint density at radius 2 is 1.92 bits per heavy atom. The van der Waals surface area contributed by atoms with Gasteiger partial charge in [-0.05, 0) is 68.6 Å². The lowest BCUT2D eigenvalue weighted by Gasteiger charge is -2.47. The number of hydrogen-bond acceptors (Lipinski definition) is 4. The van der Waals surface area contributed by atoms with E-state index in [-0.39, 0.29) is 17.1 Å². The highest BCUT2D eigenvalue weighted by Crippen LogP contribution is 2.40. The maximum absolute atomic E-state index is 12.5. The zero-order chi connectivity index (χ0) is 17.4. The van der Waals surface area contributed by atoms with Crippen LogP contribution in [0.5, 0.6) is 5.75 Å². The van der Waals surface area contributed by atoms with Gasteiger partial charge < -0.3 is 14.4 Å². The molecule has 3 fully saturated rings. The van der Waals surface area contributed by atoms with E-state index in [9.17, 15) is 13.6 Å². The smallest absolute Gasteiger partial charge is 0.387 e. The van der Waals surface area contributed by atoms with Crippen molar-refractivity contribution in [2.45, 2.75) is 32.3 Å². The van der Waals surface area contributed by atoms with Crippen molar-refractivity contribution in [1.82, 2.24) is 4.90 Å². The van der Waals surface area contributed by atoms with E-state index < -0.39 is 6.61 Å². The van der Waals surface area contributed by atoms with Crippen molar-refractivity contribution < 1.29 is 23.0 Å². The molecule has 4 nitrogen and oxygen atoms in total. The van der Waals surface area contributed by atoms with Gasteiger partial charge in [0.05, 0.1) is 12.2 Å². The van der Waals surface area contributed by atoms with Crippen molar-refractivity contribution in [3.05, 3.63) is 35.4 Å². The topological polar surface area (TPSA) is 38.8 Å². The molecule has 1 aliphatic carbocycles. The molecule has 25 heavy (non-hydrogen) atoms. The SMILES string of the molecule is O=C(OCC12CCN(CC1)CC2)C1=CCc2cc(OC(F)F)ccc21. The Balaban J connectivity index is 1.41. The fraction of sp³-hybridized carbons (Fsp3) is 0.526. The molecule has 0 atom stereocenters. The van der Waals surface area contributed by atoms with Crippen LogP contribution in [-0.2, 0) is 16.0 Å². The average molecular weight is 349 g/mol. The lowest BCUT2D eigenvalue weighted by Crippen LogP contribution is -2.50. The molecule has 0 spiro atoms. The Morgan fingerprint density at radius 3 is 2.60 bits per heavy atom. The number of benzene rings is 1. The molecule has 0 unspecified atom stereocenters. The molecular weight excluding hydrogens is 328 g/mol. The van der Waals surface area contributed by atoms with E-state index in [1.807, 2.05) is 0 Å². The van der Waals surface area contributed by atoms with Gasteiger partial charge >= 0.3 is 12.6 Å². The maximum atomic E-state index is 12.5. The first-order valence-corrected chi connectivity index (χ1v) is 8.72. The Kier molecular flexibility index (Phi) is 4.23. The second-order valence-electron chi connectivity index (χ2n) is 7.19. The first-order chi connectivity index (χ1) is 12.0. The summed E-state index contributed by atoms with van der Waals surface area (Å²) in [5.74, 6) is -0.201. The van der Waals surface area contributed by atoms with Crippen molar-refractivity contribution in [2.24, 2.45) is 5.41 Å². The highest BCUT2D eigenvalue weighted by molar-refractivity contribution is 6.18. The zero-order valence-electron chi connectivity index (χ0n) is 14.0. The number of carbonyl (C=O) groups excluding carboxylic acids is 1. The van der Waals surface area contributed by atoms with Crippen LogP contribution < -0.4 is 4.74 Å². The van der Waals surface area contributed by atoms with E-state index in [4.69, 9.17) is 4.74 Å². The van der Waals surface area contributed by atoms with Crippen molar-refractivity contribution in [2.75, 3.05) is 26.2 Å². The van der Waals surface area contributed by atoms with Crippen molar-refractivity contribution in [3.63, 3.8) is 0 Å². The van der Waals surface area contributed by atoms with Crippen LogP contribution in [0.15, 0.2) is 24.3 Å². The standard InChI is InChI=1S/C19H21F2NO3/c20-18(21)25-14-2-4-15-13(11-14)1-3-16(15)17(23)24-12-19-5-8-22(9-6-19)10-7-19/h2-4,11,18H,1,5-10,12H2. The second-order valence-corrected chi connectivity index (χ2v) is 7.19. The summed E-state index contributed by atoms with van der Waals surface area (Å²) in [4.78, 5) is 15.0. The monoisotopic (exact) mass is 349 g/mol. The summed E-state index contributed by atoms with van der Waals surface area (Å²) in [7, 11) is 0. The fourth-order valence-corrected chi connectivity index (χ4v) is 4.10. The summed E-state index contributed by atoms with van der Waals surface area (Å²) in [6, 6.07) is 4.69. The van der Waals surface area contributed by atoms with Crippen LogP contribution in [0.1, 0.15) is 30.4 Å². The third kappa shape index (κ3) is 3.27. The summed E-state index contributed by atoms with van der Waals surface area (Å²) in [6.45, 7) is 0.902. The number of piperidine rings is 3. The maximum Gasteiger partial charge on any atom is 0.387 e. The van der Waals surface area contributed by atoms with E-state index in [1.54, 1.807) is 18.2 Å². The van der Waals surface area contributed by atoms with Gasteiger partial charge in [-0.3, -0.25) is 0 Å². The van der Waals surface area contributed by atoms with Gasteiger partial charge in [-0.1, -0.05) is 12.1 Å². The van der Waals surface area contributed by atoms with Crippen LogP contribution in [0.25, 0.3) is 5.57 Å². The minimum atomic E-state index is -2.85. The molecule has 6 heteroatoms. The predicted molar refractivity (Wildman–Crippen MR) is 88.4 cm³/mol. The fourth-order valence-electron chi connectivity index (χ4n) is 4.10. The molecule has 1 aromatic carbocycles. The van der Waals surface area contributed by atoms with Crippen molar-refractivity contribution >= 4 is 11.5 Å². The first-order valence-electron chi connectivity index (χ1n) is 8.72. The van der Waals surface area contributed by atoms with Gasteiger partial charge in [0.2, 0.25) is 0 Å². The number of esters is 1. The molecule has 0 radical (unpaired) electrons. The Bertz CT molecular complexity index is 695. The number of carbonyl (C=O) groups is 1. The Morgan fingerprint density at radius 1 is 1.20 bits per heavy atom. The van der Waals surface area contributed by atoms with Gasteiger partial charge in [0.25, 0.3) is 0 Å². The number of fused-ring (bicyclic) bond motifs is 4. The molecule has 0 aromatic heterocycles. The van der Waals surface area contributed by atoms with E-state index >= 15 is 0 Å². The van der Waals surface area contributed by atoms with Gasteiger partial charge in [0, 0.05) is 5.41 Å². The van der Waals surface area contributed by atoms with Gasteiger partial charge in [0.1, 0.15) is 5.75 Å². The molecule has 0 N–H and O–H groups in total. The average Bonchev–Trinajstić information content (AvgIpc) is 3.04. The molecule has 1 aromatic rings.